The summed E-state index contributed by atoms with van der Waals surface area (Å²) in [6.07, 6.45) is 13.0. The summed E-state index contributed by atoms with van der Waals surface area (Å²) >= 11 is 0. The second-order valence-corrected chi connectivity index (χ2v) is 16.0. The predicted molar refractivity (Wildman–Crippen MR) is 176 cm³/mol. The van der Waals surface area contributed by atoms with Crippen molar-refractivity contribution in [1.82, 2.24) is 4.57 Å². The lowest BCUT2D eigenvalue weighted by molar-refractivity contribution is 0.623. The van der Waals surface area contributed by atoms with Crippen LogP contribution in [0.1, 0.15) is 76.3 Å². The van der Waals surface area contributed by atoms with Crippen LogP contribution in [-0.4, -0.2) is 12.6 Å². The molecule has 0 aliphatic carbocycles. The van der Waals surface area contributed by atoms with Gasteiger partial charge in [-0.2, -0.15) is 10.5 Å². The third kappa shape index (κ3) is 5.55. The van der Waals surface area contributed by atoms with Gasteiger partial charge in [-0.3, -0.25) is 0 Å². The van der Waals surface area contributed by atoms with Crippen molar-refractivity contribution in [3.05, 3.63) is 83.4 Å². The molecule has 2 heterocycles. The number of para-hydroxylation sites is 1. The van der Waals surface area contributed by atoms with Crippen molar-refractivity contribution in [3.63, 3.8) is 0 Å². The molecule has 4 heteroatoms. The average molecular weight is 556 g/mol. The van der Waals surface area contributed by atoms with Crippen LogP contribution in [0.3, 0.4) is 0 Å². The van der Waals surface area contributed by atoms with Gasteiger partial charge in [0.15, 0.2) is 0 Å². The van der Waals surface area contributed by atoms with E-state index in [0.717, 1.165) is 12.0 Å². The SMILES string of the molecule is CCCCCCCC[Si]1(C)c2cc(C=C(C#N)C#N)ccc2-c2c1c1ccccc1n2-c1ccc(CCCC)cc1. The van der Waals surface area contributed by atoms with E-state index in [0.29, 0.717) is 0 Å². The second-order valence-electron chi connectivity index (χ2n) is 11.8. The molecule has 1 atom stereocenters. The molecular formula is C37H41N3Si. The molecule has 3 nitrogen and oxygen atoms in total. The molecule has 0 N–H and O–H groups in total. The van der Waals surface area contributed by atoms with Gasteiger partial charge < -0.3 is 4.57 Å². The summed E-state index contributed by atoms with van der Waals surface area (Å²) in [6, 6.07) is 30.0. The molecule has 0 amide bonds. The van der Waals surface area contributed by atoms with Crippen molar-refractivity contribution in [1.29, 1.82) is 10.5 Å². The van der Waals surface area contributed by atoms with Crippen molar-refractivity contribution in [2.45, 2.75) is 84.2 Å². The Hall–Kier alpha value is -3.86. The van der Waals surface area contributed by atoms with Crippen molar-refractivity contribution in [3.8, 4) is 29.1 Å². The number of rotatable bonds is 12. The molecule has 3 aromatic carbocycles. The van der Waals surface area contributed by atoms with Crippen LogP contribution in [0.2, 0.25) is 12.6 Å². The molecule has 0 fully saturated rings. The smallest absolute Gasteiger partial charge is 0.130 e. The van der Waals surface area contributed by atoms with Gasteiger partial charge in [-0.05, 0) is 70.2 Å². The van der Waals surface area contributed by atoms with Crippen LogP contribution in [0.25, 0.3) is 33.9 Å². The summed E-state index contributed by atoms with van der Waals surface area (Å²) in [6.45, 7) is 7.07. The minimum atomic E-state index is -2.12. The lowest BCUT2D eigenvalue weighted by Crippen LogP contribution is -2.52. The summed E-state index contributed by atoms with van der Waals surface area (Å²) in [5, 5.41) is 23.2. The molecule has 4 aromatic rings. The van der Waals surface area contributed by atoms with Gasteiger partial charge in [0.1, 0.15) is 25.8 Å². The predicted octanol–water partition coefficient (Wildman–Crippen LogP) is 8.94. The van der Waals surface area contributed by atoms with Gasteiger partial charge >= 0.3 is 0 Å². The first kappa shape index (κ1) is 28.7. The Labute approximate surface area is 246 Å². The first-order valence-electron chi connectivity index (χ1n) is 15.5. The lowest BCUT2D eigenvalue weighted by atomic mass is 10.1. The van der Waals surface area contributed by atoms with Crippen LogP contribution in [0.5, 0.6) is 0 Å². The van der Waals surface area contributed by atoms with Crippen molar-refractivity contribution in [2.24, 2.45) is 0 Å². The van der Waals surface area contributed by atoms with Gasteiger partial charge in [0.05, 0.1) is 11.2 Å². The number of aryl methyl sites for hydroxylation is 1. The molecule has 0 spiro atoms. The number of allylic oxidation sites excluding steroid dienone is 1. The highest BCUT2D eigenvalue weighted by Crippen LogP contribution is 2.39. The maximum absolute atomic E-state index is 9.41. The van der Waals surface area contributed by atoms with Gasteiger partial charge in [0, 0.05) is 11.1 Å². The fraction of sp³-hybridized carbons (Fsp3) is 0.351. The number of hydrogen-bond donors (Lipinski definition) is 0. The quantitative estimate of drug-likeness (QED) is 0.0995. The number of benzene rings is 3. The first-order valence-corrected chi connectivity index (χ1v) is 18.2. The van der Waals surface area contributed by atoms with Gasteiger partial charge in [0.25, 0.3) is 0 Å². The molecule has 208 valence electrons. The van der Waals surface area contributed by atoms with E-state index in [1.807, 2.05) is 12.1 Å². The summed E-state index contributed by atoms with van der Waals surface area (Å²) in [4.78, 5) is 0. The number of nitrogens with zero attached hydrogens (tertiary/aromatic N) is 3. The van der Waals surface area contributed by atoms with Crippen molar-refractivity contribution >= 4 is 35.4 Å². The molecule has 1 aliphatic heterocycles. The fourth-order valence-electron chi connectivity index (χ4n) is 6.74. The van der Waals surface area contributed by atoms with Crippen LogP contribution in [0, 0.1) is 22.7 Å². The van der Waals surface area contributed by atoms with Gasteiger partial charge in [0.2, 0.25) is 0 Å². The fourth-order valence-corrected chi connectivity index (χ4v) is 11.3. The topological polar surface area (TPSA) is 52.5 Å². The van der Waals surface area contributed by atoms with E-state index in [2.05, 4.69) is 91.7 Å². The molecule has 41 heavy (non-hydrogen) atoms. The van der Waals surface area contributed by atoms with Crippen LogP contribution in [-0.2, 0) is 6.42 Å². The molecule has 0 bridgehead atoms. The standard InChI is InChI=1S/C37H41N3Si/c1-4-6-8-9-10-13-23-41(3)35-25-29(24-30(26-38)27-39)19-22-33(35)36-37(41)32-15-11-12-16-34(32)40(36)31-20-17-28(18-21-31)14-7-5-2/h11-12,15-22,24-25H,4-10,13-14,23H2,1-3H3. The highest BCUT2D eigenvalue weighted by atomic mass is 28.3. The zero-order valence-electron chi connectivity index (χ0n) is 24.8. The number of unbranched alkanes of at least 4 members (excludes halogenated alkanes) is 6. The lowest BCUT2D eigenvalue weighted by Gasteiger charge is -2.25. The van der Waals surface area contributed by atoms with E-state index in [1.54, 1.807) is 11.3 Å². The maximum atomic E-state index is 9.41. The maximum Gasteiger partial charge on any atom is 0.130 e. The molecule has 0 saturated heterocycles. The van der Waals surface area contributed by atoms with Crippen LogP contribution in [0.15, 0.2) is 72.3 Å². The van der Waals surface area contributed by atoms with E-state index in [1.165, 1.54) is 96.0 Å². The zero-order valence-corrected chi connectivity index (χ0v) is 25.8. The summed E-state index contributed by atoms with van der Waals surface area (Å²) in [5.74, 6) is 0. The molecule has 0 saturated carbocycles. The van der Waals surface area contributed by atoms with Crippen molar-refractivity contribution < 1.29 is 0 Å². The minimum Gasteiger partial charge on any atom is -0.309 e. The Bertz CT molecular complexity index is 1630. The van der Waals surface area contributed by atoms with E-state index in [4.69, 9.17) is 0 Å². The van der Waals surface area contributed by atoms with Gasteiger partial charge in [-0.15, -0.1) is 0 Å². The third-order valence-electron chi connectivity index (χ3n) is 8.92. The van der Waals surface area contributed by atoms with Gasteiger partial charge in [-0.25, -0.2) is 0 Å². The summed E-state index contributed by atoms with van der Waals surface area (Å²) in [5.41, 5.74) is 7.66. The number of aromatic nitrogens is 1. The minimum absolute atomic E-state index is 0.151. The highest BCUT2D eigenvalue weighted by Gasteiger charge is 2.45. The molecule has 0 radical (unpaired) electrons. The number of fused-ring (bicyclic) bond motifs is 5. The first-order chi connectivity index (χ1) is 20.0. The number of nitriles is 2. The third-order valence-corrected chi connectivity index (χ3v) is 13.5. The van der Waals surface area contributed by atoms with E-state index in [9.17, 15) is 10.5 Å². The Morgan fingerprint density at radius 2 is 1.54 bits per heavy atom. The Morgan fingerprint density at radius 1 is 0.829 bits per heavy atom. The Balaban J connectivity index is 1.67. The molecular weight excluding hydrogens is 515 g/mol. The van der Waals surface area contributed by atoms with Crippen molar-refractivity contribution in [2.75, 3.05) is 0 Å². The average Bonchev–Trinajstić information content (AvgIpc) is 3.47. The second kappa shape index (κ2) is 12.8. The highest BCUT2D eigenvalue weighted by molar-refractivity contribution is 7.06. The molecule has 1 aromatic heterocycles. The van der Waals surface area contributed by atoms with E-state index in [-0.39, 0.29) is 5.57 Å². The molecule has 1 unspecified atom stereocenters. The van der Waals surface area contributed by atoms with Crippen LogP contribution < -0.4 is 10.4 Å². The largest absolute Gasteiger partial charge is 0.309 e. The van der Waals surface area contributed by atoms with Crippen LogP contribution in [0.4, 0.5) is 0 Å². The molecule has 1 aliphatic rings. The summed E-state index contributed by atoms with van der Waals surface area (Å²) < 4.78 is 2.50. The van der Waals surface area contributed by atoms with E-state index < -0.39 is 8.07 Å². The zero-order chi connectivity index (χ0) is 28.8. The normalized spacial score (nSPS) is 15.2. The van der Waals surface area contributed by atoms with Gasteiger partial charge in [-0.1, -0.05) is 114 Å². The Morgan fingerprint density at radius 3 is 2.27 bits per heavy atom. The number of hydrogen-bond acceptors (Lipinski definition) is 2. The monoisotopic (exact) mass is 555 g/mol. The van der Waals surface area contributed by atoms with Crippen LogP contribution >= 0.6 is 0 Å². The van der Waals surface area contributed by atoms with E-state index >= 15 is 0 Å². The Kier molecular flexibility index (Phi) is 8.92. The summed E-state index contributed by atoms with van der Waals surface area (Å²) in [7, 11) is -2.12. The molecule has 5 rings (SSSR count).